The minimum atomic E-state index is -0.561. The summed E-state index contributed by atoms with van der Waals surface area (Å²) in [6, 6.07) is 3.90. The first-order valence-corrected chi connectivity index (χ1v) is 7.73. The van der Waals surface area contributed by atoms with E-state index in [0.29, 0.717) is 5.82 Å². The van der Waals surface area contributed by atoms with Crippen LogP contribution in [0.2, 0.25) is 5.28 Å². The van der Waals surface area contributed by atoms with Crippen molar-refractivity contribution >= 4 is 22.9 Å². The van der Waals surface area contributed by atoms with Crippen molar-refractivity contribution in [1.82, 2.24) is 19.9 Å². The van der Waals surface area contributed by atoms with Gasteiger partial charge in [0.15, 0.2) is 11.6 Å². The number of aromatic nitrogens is 3. The lowest BCUT2D eigenvalue weighted by atomic mass is 10.0. The topological polar surface area (TPSA) is 72.7 Å². The lowest BCUT2D eigenvalue weighted by molar-refractivity contribution is -0.145. The zero-order chi connectivity index (χ0) is 15.3. The highest BCUT2D eigenvalue weighted by Crippen LogP contribution is 2.32. The van der Waals surface area contributed by atoms with Gasteiger partial charge in [0, 0.05) is 19.3 Å². The third-order valence-corrected chi connectivity index (χ3v) is 4.18. The predicted molar refractivity (Wildman–Crippen MR) is 82.1 cm³/mol. The molecule has 0 saturated carbocycles. The molecular weight excluding hydrogens is 306 g/mol. The number of nitrogens with zero attached hydrogens (tertiary/aromatic N) is 3. The van der Waals surface area contributed by atoms with E-state index in [1.165, 1.54) is 0 Å². The Hall–Kier alpha value is -1.41. The van der Waals surface area contributed by atoms with Crippen LogP contribution in [0.15, 0.2) is 18.3 Å². The van der Waals surface area contributed by atoms with Crippen LogP contribution >= 0.6 is 11.6 Å². The van der Waals surface area contributed by atoms with E-state index >= 15 is 0 Å². The molecular formula is C14H18ClN5O2. The van der Waals surface area contributed by atoms with Gasteiger partial charge in [0.05, 0.1) is 6.04 Å². The van der Waals surface area contributed by atoms with Crippen LogP contribution in [0.3, 0.4) is 0 Å². The van der Waals surface area contributed by atoms with Crippen LogP contribution in [-0.4, -0.2) is 51.7 Å². The highest BCUT2D eigenvalue weighted by molar-refractivity contribution is 6.28. The summed E-state index contributed by atoms with van der Waals surface area (Å²) in [4.78, 5) is 4.32. The molecule has 0 unspecified atom stereocenters. The summed E-state index contributed by atoms with van der Waals surface area (Å²) >= 11 is 6.00. The van der Waals surface area contributed by atoms with Gasteiger partial charge in [-0.25, -0.2) is 4.52 Å². The minimum absolute atomic E-state index is 0.0278. The maximum atomic E-state index is 6.05. The van der Waals surface area contributed by atoms with Crippen molar-refractivity contribution in [2.75, 3.05) is 18.4 Å². The van der Waals surface area contributed by atoms with E-state index in [9.17, 15) is 0 Å². The maximum Gasteiger partial charge on any atom is 0.243 e. The molecule has 4 rings (SSSR count). The SMILES string of the molecule is CC1(C)O[C@@H]2[C@@H](Nc3nc(Cl)nn4cccc34)CNC[C@@H]2O1. The third kappa shape index (κ3) is 2.44. The van der Waals surface area contributed by atoms with E-state index in [1.54, 1.807) is 4.52 Å². The van der Waals surface area contributed by atoms with Crippen molar-refractivity contribution in [3.8, 4) is 0 Å². The van der Waals surface area contributed by atoms with Crippen molar-refractivity contribution in [2.24, 2.45) is 0 Å². The van der Waals surface area contributed by atoms with Gasteiger partial charge in [-0.2, -0.15) is 4.98 Å². The molecule has 0 aromatic carbocycles. The number of fused-ring (bicyclic) bond motifs is 2. The van der Waals surface area contributed by atoms with Gasteiger partial charge in [-0.3, -0.25) is 0 Å². The summed E-state index contributed by atoms with van der Waals surface area (Å²) < 4.78 is 13.7. The molecule has 7 nitrogen and oxygen atoms in total. The van der Waals surface area contributed by atoms with Crippen molar-refractivity contribution in [1.29, 1.82) is 0 Å². The normalized spacial score (nSPS) is 30.4. The fraction of sp³-hybridized carbons (Fsp3) is 0.571. The lowest BCUT2D eigenvalue weighted by Gasteiger charge is -2.32. The fourth-order valence-corrected chi connectivity index (χ4v) is 3.35. The molecule has 2 aromatic rings. The van der Waals surface area contributed by atoms with E-state index in [1.807, 2.05) is 32.2 Å². The molecule has 8 heteroatoms. The molecule has 4 heterocycles. The zero-order valence-electron chi connectivity index (χ0n) is 12.4. The Kier molecular flexibility index (Phi) is 3.26. The molecule has 2 aliphatic heterocycles. The summed E-state index contributed by atoms with van der Waals surface area (Å²) in [7, 11) is 0. The average molecular weight is 324 g/mol. The van der Waals surface area contributed by atoms with Crippen molar-refractivity contribution < 1.29 is 9.47 Å². The quantitative estimate of drug-likeness (QED) is 0.867. The fourth-order valence-electron chi connectivity index (χ4n) is 3.18. The van der Waals surface area contributed by atoms with Crippen LogP contribution in [0.25, 0.3) is 5.52 Å². The van der Waals surface area contributed by atoms with Gasteiger partial charge in [-0.1, -0.05) is 0 Å². The number of nitrogens with one attached hydrogen (secondary N) is 2. The largest absolute Gasteiger partial charge is 0.361 e. The lowest BCUT2D eigenvalue weighted by Crippen LogP contribution is -2.55. The zero-order valence-corrected chi connectivity index (χ0v) is 13.2. The van der Waals surface area contributed by atoms with E-state index in [2.05, 4.69) is 20.7 Å². The van der Waals surface area contributed by atoms with Crippen molar-refractivity contribution in [3.05, 3.63) is 23.6 Å². The van der Waals surface area contributed by atoms with E-state index in [4.69, 9.17) is 21.1 Å². The molecule has 0 amide bonds. The Morgan fingerprint density at radius 2 is 2.27 bits per heavy atom. The second-order valence-electron chi connectivity index (χ2n) is 6.12. The molecule has 2 aromatic heterocycles. The standard InChI is InChI=1S/C14H18ClN5O2/c1-14(2)21-10-7-16-6-8(11(10)22-14)17-12-9-4-3-5-20(9)19-13(15)18-12/h3-5,8,10-11,16H,6-7H2,1-2H3,(H,17,18,19)/t8-,10-,11+/m0/s1. The molecule has 2 N–H and O–H groups in total. The molecule has 0 spiro atoms. The van der Waals surface area contributed by atoms with Gasteiger partial charge in [0.25, 0.3) is 0 Å². The second-order valence-corrected chi connectivity index (χ2v) is 6.45. The predicted octanol–water partition coefficient (Wildman–Crippen LogP) is 1.29. The first-order chi connectivity index (χ1) is 10.5. The van der Waals surface area contributed by atoms with Crippen LogP contribution in [0.5, 0.6) is 0 Å². The highest BCUT2D eigenvalue weighted by Gasteiger charge is 2.47. The van der Waals surface area contributed by atoms with Gasteiger partial charge in [0.2, 0.25) is 5.28 Å². The first kappa shape index (κ1) is 14.2. The number of hydrogen-bond donors (Lipinski definition) is 2. The van der Waals surface area contributed by atoms with E-state index in [-0.39, 0.29) is 23.5 Å². The van der Waals surface area contributed by atoms with Crippen LogP contribution < -0.4 is 10.6 Å². The molecule has 0 bridgehead atoms. The Morgan fingerprint density at radius 1 is 1.41 bits per heavy atom. The number of hydrogen-bond acceptors (Lipinski definition) is 6. The Balaban J connectivity index is 1.63. The molecule has 2 saturated heterocycles. The Labute approximate surface area is 132 Å². The molecule has 0 radical (unpaired) electrons. The molecule has 0 aliphatic carbocycles. The molecule has 22 heavy (non-hydrogen) atoms. The summed E-state index contributed by atoms with van der Waals surface area (Å²) in [6.45, 7) is 5.44. The monoisotopic (exact) mass is 323 g/mol. The summed E-state index contributed by atoms with van der Waals surface area (Å²) in [5.74, 6) is 0.139. The summed E-state index contributed by atoms with van der Waals surface area (Å²) in [5.41, 5.74) is 0.879. The maximum absolute atomic E-state index is 6.05. The van der Waals surface area contributed by atoms with Crippen LogP contribution in [0.1, 0.15) is 13.8 Å². The van der Waals surface area contributed by atoms with Crippen LogP contribution in [-0.2, 0) is 9.47 Å². The average Bonchev–Trinajstić information content (AvgIpc) is 3.01. The van der Waals surface area contributed by atoms with E-state index < -0.39 is 5.79 Å². The number of rotatable bonds is 2. The molecule has 2 aliphatic rings. The number of halogens is 1. The van der Waals surface area contributed by atoms with Crippen LogP contribution in [0.4, 0.5) is 5.82 Å². The molecule has 2 fully saturated rings. The summed E-state index contributed by atoms with van der Waals surface area (Å²) in [6.07, 6.45) is 1.84. The number of anilines is 1. The van der Waals surface area contributed by atoms with Crippen molar-refractivity contribution in [2.45, 2.75) is 37.9 Å². The van der Waals surface area contributed by atoms with Gasteiger partial charge in [-0.05, 0) is 37.6 Å². The third-order valence-electron chi connectivity index (χ3n) is 4.02. The Bertz CT molecular complexity index is 704. The highest BCUT2D eigenvalue weighted by atomic mass is 35.5. The first-order valence-electron chi connectivity index (χ1n) is 7.36. The molecule has 118 valence electrons. The van der Waals surface area contributed by atoms with Gasteiger partial charge in [-0.15, -0.1) is 5.10 Å². The minimum Gasteiger partial charge on any atom is -0.361 e. The Morgan fingerprint density at radius 3 is 3.14 bits per heavy atom. The second kappa shape index (κ2) is 5.06. The number of ether oxygens (including phenoxy) is 2. The summed E-state index contributed by atoms with van der Waals surface area (Å²) in [5, 5.41) is 11.1. The smallest absolute Gasteiger partial charge is 0.243 e. The van der Waals surface area contributed by atoms with E-state index in [0.717, 1.165) is 18.6 Å². The van der Waals surface area contributed by atoms with Gasteiger partial charge < -0.3 is 20.1 Å². The molecule has 3 atom stereocenters. The van der Waals surface area contributed by atoms with Gasteiger partial charge in [0.1, 0.15) is 17.7 Å². The number of piperidine rings is 1. The van der Waals surface area contributed by atoms with Crippen molar-refractivity contribution in [3.63, 3.8) is 0 Å². The van der Waals surface area contributed by atoms with Gasteiger partial charge >= 0.3 is 0 Å². The van der Waals surface area contributed by atoms with Crippen LogP contribution in [0, 0.1) is 0 Å².